The molecule has 0 saturated carbocycles. The fraction of sp³-hybridized carbons (Fsp3) is 0.0625. The lowest BCUT2D eigenvalue weighted by atomic mass is 9.96. The van der Waals surface area contributed by atoms with Crippen molar-refractivity contribution in [3.8, 4) is 11.1 Å². The van der Waals surface area contributed by atoms with E-state index < -0.39 is 5.97 Å². The number of fused-ring (bicyclic) bond motifs is 3. The first-order valence-corrected chi connectivity index (χ1v) is 6.11. The van der Waals surface area contributed by atoms with E-state index in [0.717, 1.165) is 27.9 Å². The Bertz CT molecular complexity index is 674. The monoisotopic (exact) mass is 251 g/mol. The van der Waals surface area contributed by atoms with Crippen molar-refractivity contribution < 1.29 is 9.90 Å². The van der Waals surface area contributed by atoms with E-state index in [4.69, 9.17) is 5.11 Å². The molecule has 0 aliphatic carbocycles. The van der Waals surface area contributed by atoms with E-state index in [0.29, 0.717) is 0 Å². The summed E-state index contributed by atoms with van der Waals surface area (Å²) in [6, 6.07) is 13.8. The van der Waals surface area contributed by atoms with Crippen LogP contribution in [0.4, 0.5) is 5.69 Å². The molecule has 1 aliphatic rings. The Morgan fingerprint density at radius 1 is 1.11 bits per heavy atom. The topological polar surface area (TPSA) is 49.3 Å². The molecule has 2 aromatic carbocycles. The lowest BCUT2D eigenvalue weighted by Gasteiger charge is -2.11. The highest BCUT2D eigenvalue weighted by Gasteiger charge is 2.12. The smallest absolute Gasteiger partial charge is 0.307 e. The van der Waals surface area contributed by atoms with Crippen LogP contribution >= 0.6 is 0 Å². The molecular weight excluding hydrogens is 238 g/mol. The zero-order valence-electron chi connectivity index (χ0n) is 10.3. The second-order valence-electron chi connectivity index (χ2n) is 4.52. The van der Waals surface area contributed by atoms with E-state index in [1.807, 2.05) is 48.7 Å². The average Bonchev–Trinajstić information content (AvgIpc) is 2.57. The van der Waals surface area contributed by atoms with Gasteiger partial charge in [0.05, 0.1) is 6.42 Å². The number of hydrogen-bond acceptors (Lipinski definition) is 2. The van der Waals surface area contributed by atoms with Crippen molar-refractivity contribution in [2.45, 2.75) is 6.42 Å². The third-order valence-electron chi connectivity index (χ3n) is 3.19. The van der Waals surface area contributed by atoms with Crippen molar-refractivity contribution in [2.75, 3.05) is 5.32 Å². The lowest BCUT2D eigenvalue weighted by Crippen LogP contribution is -2.01. The molecule has 0 radical (unpaired) electrons. The van der Waals surface area contributed by atoms with Gasteiger partial charge in [-0.2, -0.15) is 0 Å². The summed E-state index contributed by atoms with van der Waals surface area (Å²) in [6.45, 7) is 0. The third-order valence-corrected chi connectivity index (χ3v) is 3.19. The van der Waals surface area contributed by atoms with Gasteiger partial charge in [-0.1, -0.05) is 30.3 Å². The summed E-state index contributed by atoms with van der Waals surface area (Å²) in [5.74, 6) is -0.812. The van der Waals surface area contributed by atoms with E-state index >= 15 is 0 Å². The highest BCUT2D eigenvalue weighted by Crippen LogP contribution is 2.34. The van der Waals surface area contributed by atoms with Crippen LogP contribution < -0.4 is 5.32 Å². The first-order chi connectivity index (χ1) is 9.24. The minimum absolute atomic E-state index is 0.0445. The minimum Gasteiger partial charge on any atom is -0.481 e. The van der Waals surface area contributed by atoms with E-state index in [2.05, 4.69) is 11.4 Å². The van der Waals surface area contributed by atoms with Crippen LogP contribution in [0.5, 0.6) is 0 Å². The Morgan fingerprint density at radius 3 is 2.79 bits per heavy atom. The maximum Gasteiger partial charge on any atom is 0.307 e. The number of nitrogens with one attached hydrogen (secondary N) is 1. The van der Waals surface area contributed by atoms with Gasteiger partial charge in [-0.15, -0.1) is 0 Å². The summed E-state index contributed by atoms with van der Waals surface area (Å²) < 4.78 is 0. The van der Waals surface area contributed by atoms with Crippen LogP contribution in [0.3, 0.4) is 0 Å². The first kappa shape index (κ1) is 11.5. The molecule has 19 heavy (non-hydrogen) atoms. The summed E-state index contributed by atoms with van der Waals surface area (Å²) in [7, 11) is 0. The van der Waals surface area contributed by atoms with Crippen molar-refractivity contribution >= 4 is 17.7 Å². The van der Waals surface area contributed by atoms with Crippen molar-refractivity contribution in [3.05, 3.63) is 59.8 Å². The standard InChI is InChI=1S/C16H13NO2/c18-16(19)10-11-5-6-15-14(9-11)13-4-2-1-3-12(13)7-8-17-15/h1-9,17H,10H2,(H,18,19). The largest absolute Gasteiger partial charge is 0.481 e. The molecule has 0 saturated heterocycles. The number of hydrogen-bond donors (Lipinski definition) is 2. The molecule has 0 bridgehead atoms. The van der Waals surface area contributed by atoms with Crippen LogP contribution in [0.2, 0.25) is 0 Å². The van der Waals surface area contributed by atoms with Gasteiger partial charge in [0.15, 0.2) is 0 Å². The van der Waals surface area contributed by atoms with Gasteiger partial charge in [-0.05, 0) is 34.9 Å². The van der Waals surface area contributed by atoms with Crippen LogP contribution in [-0.4, -0.2) is 11.1 Å². The molecule has 0 aromatic heterocycles. The Kier molecular flexibility index (Phi) is 2.80. The van der Waals surface area contributed by atoms with Crippen LogP contribution in [0, 0.1) is 0 Å². The second kappa shape index (κ2) is 4.61. The summed E-state index contributed by atoms with van der Waals surface area (Å²) in [6.07, 6.45) is 3.97. The maximum absolute atomic E-state index is 10.8. The minimum atomic E-state index is -0.812. The average molecular weight is 251 g/mol. The van der Waals surface area contributed by atoms with Crippen LogP contribution in [0.1, 0.15) is 11.1 Å². The van der Waals surface area contributed by atoms with E-state index in [1.54, 1.807) is 0 Å². The first-order valence-electron chi connectivity index (χ1n) is 6.11. The van der Waals surface area contributed by atoms with Gasteiger partial charge in [-0.3, -0.25) is 4.79 Å². The molecule has 0 spiro atoms. The number of carboxylic acids is 1. The molecule has 0 atom stereocenters. The predicted octanol–water partition coefficient (Wildman–Crippen LogP) is 3.38. The quantitative estimate of drug-likeness (QED) is 0.860. The highest BCUT2D eigenvalue weighted by molar-refractivity contribution is 5.87. The highest BCUT2D eigenvalue weighted by atomic mass is 16.4. The van der Waals surface area contributed by atoms with Gasteiger partial charge >= 0.3 is 5.97 Å². The molecule has 1 aliphatic heterocycles. The Labute approximate surface area is 111 Å². The molecular formula is C16H13NO2. The van der Waals surface area contributed by atoms with Crippen molar-refractivity contribution in [3.63, 3.8) is 0 Å². The second-order valence-corrected chi connectivity index (χ2v) is 4.52. The molecule has 3 heteroatoms. The van der Waals surface area contributed by atoms with Gasteiger partial charge < -0.3 is 10.4 Å². The number of benzene rings is 2. The summed E-state index contributed by atoms with van der Waals surface area (Å²) >= 11 is 0. The number of aliphatic carboxylic acids is 1. The molecule has 3 rings (SSSR count). The Morgan fingerprint density at radius 2 is 1.95 bits per heavy atom. The summed E-state index contributed by atoms with van der Waals surface area (Å²) in [5.41, 5.74) is 5.09. The molecule has 3 nitrogen and oxygen atoms in total. The maximum atomic E-state index is 10.8. The Balaban J connectivity index is 2.15. The van der Waals surface area contributed by atoms with Gasteiger partial charge in [0, 0.05) is 17.5 Å². The number of carbonyl (C=O) groups is 1. The Hall–Kier alpha value is -2.55. The van der Waals surface area contributed by atoms with Gasteiger partial charge in [-0.25, -0.2) is 0 Å². The van der Waals surface area contributed by atoms with E-state index in [-0.39, 0.29) is 6.42 Å². The number of rotatable bonds is 2. The van der Waals surface area contributed by atoms with Crippen LogP contribution in [-0.2, 0) is 11.2 Å². The predicted molar refractivity (Wildman–Crippen MR) is 75.9 cm³/mol. The fourth-order valence-electron chi connectivity index (χ4n) is 2.33. The molecule has 0 unspecified atom stereocenters. The van der Waals surface area contributed by atoms with Gasteiger partial charge in [0.2, 0.25) is 0 Å². The molecule has 2 aromatic rings. The zero-order valence-corrected chi connectivity index (χ0v) is 10.3. The third kappa shape index (κ3) is 2.22. The zero-order chi connectivity index (χ0) is 13.2. The van der Waals surface area contributed by atoms with Crippen molar-refractivity contribution in [2.24, 2.45) is 0 Å². The van der Waals surface area contributed by atoms with E-state index in [9.17, 15) is 4.79 Å². The molecule has 94 valence electrons. The number of anilines is 1. The summed E-state index contributed by atoms with van der Waals surface area (Å²) in [4.78, 5) is 10.8. The number of carboxylic acid groups (broad SMARTS) is 1. The van der Waals surface area contributed by atoms with E-state index in [1.165, 1.54) is 0 Å². The SMILES string of the molecule is O=C(O)Cc1ccc2c(c1)-c1ccccc1C=CN2. The molecule has 2 N–H and O–H groups in total. The fourth-order valence-corrected chi connectivity index (χ4v) is 2.33. The molecule has 0 fully saturated rings. The van der Waals surface area contributed by atoms with Gasteiger partial charge in [0.1, 0.15) is 0 Å². The normalized spacial score (nSPS) is 12.0. The van der Waals surface area contributed by atoms with Crippen molar-refractivity contribution in [1.82, 2.24) is 0 Å². The molecule has 0 amide bonds. The molecule has 1 heterocycles. The van der Waals surface area contributed by atoms with Crippen molar-refractivity contribution in [1.29, 1.82) is 0 Å². The van der Waals surface area contributed by atoms with Crippen LogP contribution in [0.15, 0.2) is 48.7 Å². The van der Waals surface area contributed by atoms with Gasteiger partial charge in [0.25, 0.3) is 0 Å². The summed E-state index contributed by atoms with van der Waals surface area (Å²) in [5, 5.41) is 12.1. The van der Waals surface area contributed by atoms with Crippen LogP contribution in [0.25, 0.3) is 17.2 Å². The lowest BCUT2D eigenvalue weighted by molar-refractivity contribution is -0.136.